The van der Waals surface area contributed by atoms with Gasteiger partial charge in [-0.15, -0.1) is 11.3 Å². The van der Waals surface area contributed by atoms with E-state index in [1.807, 2.05) is 42.6 Å². The van der Waals surface area contributed by atoms with E-state index in [1.165, 1.54) is 11.3 Å². The molecule has 0 amide bonds. The molecule has 1 aromatic heterocycles. The van der Waals surface area contributed by atoms with Crippen LogP contribution in [0.1, 0.15) is 20.8 Å². The molecule has 0 radical (unpaired) electrons. The summed E-state index contributed by atoms with van der Waals surface area (Å²) in [6.45, 7) is 1.98. The second-order valence-corrected chi connectivity index (χ2v) is 5.57. The van der Waals surface area contributed by atoms with Gasteiger partial charge in [0.15, 0.2) is 0 Å². The zero-order valence-corrected chi connectivity index (χ0v) is 12.2. The summed E-state index contributed by atoms with van der Waals surface area (Å²) in [5, 5.41) is 3.95. The van der Waals surface area contributed by atoms with Crippen molar-refractivity contribution >= 4 is 27.9 Å². The van der Waals surface area contributed by atoms with Gasteiger partial charge in [-0.1, -0.05) is 36.4 Å². The van der Waals surface area contributed by atoms with Crippen LogP contribution >= 0.6 is 11.3 Å². The van der Waals surface area contributed by atoms with E-state index in [2.05, 4.69) is 6.07 Å². The van der Waals surface area contributed by atoms with Crippen LogP contribution in [0.4, 0.5) is 0 Å². The second-order valence-electron chi connectivity index (χ2n) is 4.66. The standard InChI is InChI=1S/C17H14O2S/c1-11-7-8-12-5-3-4-6-14(12)16(11)17(18)15-9-13(19-2)10-20-15/h3-10H,1-2H3. The molecule has 20 heavy (non-hydrogen) atoms. The molecule has 0 spiro atoms. The summed E-state index contributed by atoms with van der Waals surface area (Å²) < 4.78 is 5.16. The first-order chi connectivity index (χ1) is 9.70. The van der Waals surface area contributed by atoms with Crippen LogP contribution in [0.3, 0.4) is 0 Å². The van der Waals surface area contributed by atoms with Gasteiger partial charge >= 0.3 is 0 Å². The van der Waals surface area contributed by atoms with E-state index < -0.39 is 0 Å². The quantitative estimate of drug-likeness (QED) is 0.663. The van der Waals surface area contributed by atoms with Crippen molar-refractivity contribution in [1.29, 1.82) is 0 Å². The maximum atomic E-state index is 12.8. The lowest BCUT2D eigenvalue weighted by Gasteiger charge is -2.08. The summed E-state index contributed by atoms with van der Waals surface area (Å²) in [5.41, 5.74) is 1.79. The maximum absolute atomic E-state index is 12.8. The van der Waals surface area contributed by atoms with E-state index in [0.717, 1.165) is 27.6 Å². The topological polar surface area (TPSA) is 26.3 Å². The summed E-state index contributed by atoms with van der Waals surface area (Å²) >= 11 is 1.42. The van der Waals surface area contributed by atoms with E-state index >= 15 is 0 Å². The number of carbonyl (C=O) groups excluding carboxylic acids is 1. The van der Waals surface area contributed by atoms with E-state index in [4.69, 9.17) is 4.74 Å². The van der Waals surface area contributed by atoms with Crippen molar-refractivity contribution in [2.75, 3.05) is 7.11 Å². The third-order valence-corrected chi connectivity index (χ3v) is 4.31. The number of hydrogen-bond acceptors (Lipinski definition) is 3. The van der Waals surface area contributed by atoms with Crippen LogP contribution in [0.2, 0.25) is 0 Å². The van der Waals surface area contributed by atoms with E-state index in [-0.39, 0.29) is 5.78 Å². The van der Waals surface area contributed by atoms with Gasteiger partial charge in [0.25, 0.3) is 0 Å². The number of rotatable bonds is 3. The Morgan fingerprint density at radius 3 is 2.70 bits per heavy atom. The Bertz CT molecular complexity index is 787. The smallest absolute Gasteiger partial charge is 0.203 e. The number of hydrogen-bond donors (Lipinski definition) is 0. The number of thiophene rings is 1. The van der Waals surface area contributed by atoms with Crippen molar-refractivity contribution in [3.05, 3.63) is 63.8 Å². The average Bonchev–Trinajstić information content (AvgIpc) is 2.95. The van der Waals surface area contributed by atoms with Gasteiger partial charge in [-0.25, -0.2) is 0 Å². The van der Waals surface area contributed by atoms with Gasteiger partial charge in [-0.2, -0.15) is 0 Å². The molecule has 0 saturated heterocycles. The van der Waals surface area contributed by atoms with Gasteiger partial charge in [-0.05, 0) is 23.3 Å². The van der Waals surface area contributed by atoms with E-state index in [1.54, 1.807) is 13.2 Å². The first kappa shape index (κ1) is 12.9. The molecule has 2 aromatic carbocycles. The van der Waals surface area contributed by atoms with Crippen molar-refractivity contribution in [2.45, 2.75) is 6.92 Å². The molecule has 0 atom stereocenters. The monoisotopic (exact) mass is 282 g/mol. The summed E-state index contributed by atoms with van der Waals surface area (Å²) in [4.78, 5) is 13.5. The third-order valence-electron chi connectivity index (χ3n) is 3.40. The van der Waals surface area contributed by atoms with Crippen LogP contribution in [-0.2, 0) is 0 Å². The number of ketones is 1. The van der Waals surface area contributed by atoms with Gasteiger partial charge in [-0.3, -0.25) is 4.79 Å². The molecular weight excluding hydrogens is 268 g/mol. The fourth-order valence-corrected chi connectivity index (χ4v) is 3.15. The Kier molecular flexibility index (Phi) is 3.28. The highest BCUT2D eigenvalue weighted by atomic mass is 32.1. The number of benzene rings is 2. The number of fused-ring (bicyclic) bond motifs is 1. The van der Waals surface area contributed by atoms with E-state index in [9.17, 15) is 4.79 Å². The van der Waals surface area contributed by atoms with Crippen LogP contribution in [0.5, 0.6) is 5.75 Å². The highest BCUT2D eigenvalue weighted by Gasteiger charge is 2.17. The molecule has 0 aliphatic heterocycles. The lowest BCUT2D eigenvalue weighted by molar-refractivity contribution is 0.104. The third kappa shape index (κ3) is 2.10. The molecule has 0 aliphatic carbocycles. The summed E-state index contributed by atoms with van der Waals surface area (Å²) in [5.74, 6) is 0.795. The summed E-state index contributed by atoms with van der Waals surface area (Å²) in [7, 11) is 1.61. The van der Waals surface area contributed by atoms with Crippen LogP contribution in [0.25, 0.3) is 10.8 Å². The molecule has 3 rings (SSSR count). The summed E-state index contributed by atoms with van der Waals surface area (Å²) in [6.07, 6.45) is 0. The molecule has 1 heterocycles. The summed E-state index contributed by atoms with van der Waals surface area (Å²) in [6, 6.07) is 13.8. The molecule has 3 heteroatoms. The highest BCUT2D eigenvalue weighted by molar-refractivity contribution is 7.12. The molecular formula is C17H14O2S. The molecule has 0 fully saturated rings. The van der Waals surface area contributed by atoms with Crippen molar-refractivity contribution in [3.8, 4) is 5.75 Å². The lowest BCUT2D eigenvalue weighted by Crippen LogP contribution is -2.02. The molecule has 0 N–H and O–H groups in total. The van der Waals surface area contributed by atoms with Crippen molar-refractivity contribution in [2.24, 2.45) is 0 Å². The Labute approximate surface area is 121 Å². The Hall–Kier alpha value is -2.13. The predicted molar refractivity (Wildman–Crippen MR) is 83.0 cm³/mol. The van der Waals surface area contributed by atoms with Gasteiger partial charge in [0, 0.05) is 17.0 Å². The van der Waals surface area contributed by atoms with Gasteiger partial charge < -0.3 is 4.74 Å². The molecule has 0 unspecified atom stereocenters. The molecule has 3 aromatic rings. The van der Waals surface area contributed by atoms with Crippen LogP contribution in [0.15, 0.2) is 47.8 Å². The predicted octanol–water partition coefficient (Wildman–Crippen LogP) is 4.45. The number of methoxy groups -OCH3 is 1. The Morgan fingerprint density at radius 2 is 1.95 bits per heavy atom. The van der Waals surface area contributed by atoms with E-state index in [0.29, 0.717) is 4.88 Å². The largest absolute Gasteiger partial charge is 0.496 e. The van der Waals surface area contributed by atoms with Crippen LogP contribution in [0, 0.1) is 6.92 Å². The lowest BCUT2D eigenvalue weighted by atomic mass is 9.96. The first-order valence-corrected chi connectivity index (χ1v) is 7.24. The minimum absolute atomic E-state index is 0.0626. The molecule has 0 bridgehead atoms. The molecule has 2 nitrogen and oxygen atoms in total. The Morgan fingerprint density at radius 1 is 1.15 bits per heavy atom. The normalized spacial score (nSPS) is 10.7. The fraction of sp³-hybridized carbons (Fsp3) is 0.118. The van der Waals surface area contributed by atoms with Crippen LogP contribution < -0.4 is 4.74 Å². The van der Waals surface area contributed by atoms with Gasteiger partial charge in [0.2, 0.25) is 5.78 Å². The van der Waals surface area contributed by atoms with Gasteiger partial charge in [0.05, 0.1) is 12.0 Å². The number of ether oxygens (including phenoxy) is 1. The maximum Gasteiger partial charge on any atom is 0.203 e. The number of carbonyl (C=O) groups is 1. The number of aryl methyl sites for hydroxylation is 1. The van der Waals surface area contributed by atoms with Crippen molar-refractivity contribution in [3.63, 3.8) is 0 Å². The first-order valence-electron chi connectivity index (χ1n) is 6.36. The minimum atomic E-state index is 0.0626. The minimum Gasteiger partial charge on any atom is -0.496 e. The van der Waals surface area contributed by atoms with Gasteiger partial charge in [0.1, 0.15) is 5.75 Å². The van der Waals surface area contributed by atoms with Crippen molar-refractivity contribution in [1.82, 2.24) is 0 Å². The molecule has 0 saturated carbocycles. The molecule has 100 valence electrons. The van der Waals surface area contributed by atoms with Crippen molar-refractivity contribution < 1.29 is 9.53 Å². The second kappa shape index (κ2) is 5.10. The SMILES string of the molecule is COc1csc(C(=O)c2c(C)ccc3ccccc23)c1. The fourth-order valence-electron chi connectivity index (χ4n) is 2.35. The highest BCUT2D eigenvalue weighted by Crippen LogP contribution is 2.29. The zero-order valence-electron chi connectivity index (χ0n) is 11.3. The molecule has 0 aliphatic rings. The Balaban J connectivity index is 2.18. The average molecular weight is 282 g/mol. The zero-order chi connectivity index (χ0) is 14.1. The van der Waals surface area contributed by atoms with Crippen LogP contribution in [-0.4, -0.2) is 12.9 Å².